The number of ether oxygens (including phenoxy) is 1. The average Bonchev–Trinajstić information content (AvgIpc) is 2.55. The van der Waals surface area contributed by atoms with Gasteiger partial charge in [0, 0.05) is 17.9 Å². The lowest BCUT2D eigenvalue weighted by Gasteiger charge is -2.13. The van der Waals surface area contributed by atoms with Gasteiger partial charge in [-0.1, -0.05) is 6.92 Å². The third-order valence-electron chi connectivity index (χ3n) is 3.97. The first kappa shape index (κ1) is 17.0. The fourth-order valence-corrected chi connectivity index (χ4v) is 2.45. The summed E-state index contributed by atoms with van der Waals surface area (Å²) in [5.74, 6) is 0.714. The number of hydrogen-bond acceptors (Lipinski definition) is 5. The number of aryl methyl sites for hydroxylation is 3. The summed E-state index contributed by atoms with van der Waals surface area (Å²) in [6.45, 7) is 6.72. The van der Waals surface area contributed by atoms with Crippen LogP contribution in [0.2, 0.25) is 0 Å². The van der Waals surface area contributed by atoms with Gasteiger partial charge in [0.2, 0.25) is 0 Å². The van der Waals surface area contributed by atoms with E-state index in [9.17, 15) is 4.79 Å². The molecule has 0 radical (unpaired) electrons. The summed E-state index contributed by atoms with van der Waals surface area (Å²) in [4.78, 5) is 19.5. The number of nitrogens with two attached hydrogens (primary N) is 1. The predicted octanol–water partition coefficient (Wildman–Crippen LogP) is 2.03. The molecule has 0 unspecified atom stereocenters. The normalized spacial score (nSPS) is 10.7. The molecule has 2 aromatic heterocycles. The molecule has 0 spiro atoms. The maximum Gasteiger partial charge on any atom is 0.271 e. The van der Waals surface area contributed by atoms with Crippen molar-refractivity contribution >= 4 is 5.69 Å². The first-order valence-corrected chi connectivity index (χ1v) is 7.70. The number of pyridine rings is 2. The van der Waals surface area contributed by atoms with Crippen LogP contribution in [0.1, 0.15) is 35.1 Å². The molecule has 0 aliphatic heterocycles. The molecule has 0 amide bonds. The number of H-pyrrole nitrogens is 1. The van der Waals surface area contributed by atoms with Gasteiger partial charge in [0.25, 0.3) is 5.56 Å². The molecule has 2 rings (SSSR count). The van der Waals surface area contributed by atoms with E-state index in [1.54, 1.807) is 7.11 Å². The summed E-state index contributed by atoms with van der Waals surface area (Å²) in [6.07, 6.45) is 0.809. The highest BCUT2D eigenvalue weighted by Gasteiger charge is 2.10. The fourth-order valence-electron chi connectivity index (χ4n) is 2.45. The molecule has 0 bridgehead atoms. The smallest absolute Gasteiger partial charge is 0.271 e. The van der Waals surface area contributed by atoms with Crippen molar-refractivity contribution in [2.45, 2.75) is 40.3 Å². The largest absolute Gasteiger partial charge is 0.495 e. The van der Waals surface area contributed by atoms with Crippen LogP contribution in [0.3, 0.4) is 0 Å². The average molecular weight is 316 g/mol. The quantitative estimate of drug-likeness (QED) is 0.758. The van der Waals surface area contributed by atoms with E-state index in [1.165, 1.54) is 0 Å². The molecule has 0 saturated heterocycles. The van der Waals surface area contributed by atoms with Crippen molar-refractivity contribution in [1.82, 2.24) is 9.97 Å². The Balaban J connectivity index is 2.28. The van der Waals surface area contributed by atoms with Gasteiger partial charge in [-0.05, 0) is 43.5 Å². The molecule has 0 aliphatic carbocycles. The minimum atomic E-state index is -0.176. The molecule has 0 fully saturated rings. The van der Waals surface area contributed by atoms with Crippen molar-refractivity contribution in [2.24, 2.45) is 5.73 Å². The first-order chi connectivity index (χ1) is 11.0. The maximum atomic E-state index is 12.1. The van der Waals surface area contributed by atoms with E-state index >= 15 is 0 Å². The molecule has 4 N–H and O–H groups in total. The summed E-state index contributed by atoms with van der Waals surface area (Å²) in [6, 6.07) is 3.81. The lowest BCUT2D eigenvalue weighted by molar-refractivity contribution is 0.407. The predicted molar refractivity (Wildman–Crippen MR) is 91.9 cm³/mol. The van der Waals surface area contributed by atoms with Gasteiger partial charge in [-0.3, -0.25) is 9.78 Å². The number of rotatable bonds is 6. The molecular formula is C17H24N4O2. The van der Waals surface area contributed by atoms with Gasteiger partial charge in [0.15, 0.2) is 0 Å². The molecular weight excluding hydrogens is 292 g/mol. The standard InChI is InChI=1S/C17H24N4O2/c1-5-12-7-13(17(22)21-14(12)8-18)19-9-15-16(23-4)6-10(2)11(3)20-15/h6-7,19H,5,8-9,18H2,1-4H3,(H,21,22). The number of aromatic nitrogens is 2. The minimum Gasteiger partial charge on any atom is -0.495 e. The highest BCUT2D eigenvalue weighted by atomic mass is 16.5. The number of aromatic amines is 1. The van der Waals surface area contributed by atoms with Crippen LogP contribution in [0.4, 0.5) is 5.69 Å². The zero-order chi connectivity index (χ0) is 17.0. The van der Waals surface area contributed by atoms with E-state index < -0.39 is 0 Å². The Morgan fingerprint density at radius 2 is 2.09 bits per heavy atom. The zero-order valence-electron chi connectivity index (χ0n) is 14.1. The Labute approximate surface area is 136 Å². The second kappa shape index (κ2) is 7.28. The van der Waals surface area contributed by atoms with Crippen molar-refractivity contribution in [3.8, 4) is 5.75 Å². The van der Waals surface area contributed by atoms with E-state index in [4.69, 9.17) is 10.5 Å². The molecule has 6 heteroatoms. The maximum absolute atomic E-state index is 12.1. The Morgan fingerprint density at radius 3 is 2.70 bits per heavy atom. The van der Waals surface area contributed by atoms with Crippen LogP contribution in [-0.2, 0) is 19.5 Å². The van der Waals surface area contributed by atoms with E-state index in [0.717, 1.165) is 34.6 Å². The van der Waals surface area contributed by atoms with Gasteiger partial charge in [0.05, 0.1) is 13.7 Å². The fraction of sp³-hybridized carbons (Fsp3) is 0.412. The second-order valence-corrected chi connectivity index (χ2v) is 5.47. The van der Waals surface area contributed by atoms with Crippen LogP contribution in [-0.4, -0.2) is 17.1 Å². The van der Waals surface area contributed by atoms with Crippen LogP contribution < -0.4 is 21.3 Å². The van der Waals surface area contributed by atoms with Gasteiger partial charge in [-0.15, -0.1) is 0 Å². The summed E-state index contributed by atoms with van der Waals surface area (Å²) in [7, 11) is 1.62. The van der Waals surface area contributed by atoms with Crippen LogP contribution >= 0.6 is 0 Å². The van der Waals surface area contributed by atoms with E-state index in [2.05, 4.69) is 15.3 Å². The number of nitrogens with one attached hydrogen (secondary N) is 2. The Bertz CT molecular complexity index is 753. The van der Waals surface area contributed by atoms with Gasteiger partial charge in [-0.2, -0.15) is 0 Å². The lowest BCUT2D eigenvalue weighted by Crippen LogP contribution is -2.19. The van der Waals surface area contributed by atoms with E-state index in [-0.39, 0.29) is 5.56 Å². The highest BCUT2D eigenvalue weighted by molar-refractivity contribution is 5.46. The van der Waals surface area contributed by atoms with Crippen molar-refractivity contribution < 1.29 is 4.74 Å². The number of methoxy groups -OCH3 is 1. The molecule has 124 valence electrons. The van der Waals surface area contributed by atoms with Gasteiger partial charge in [-0.25, -0.2) is 0 Å². The van der Waals surface area contributed by atoms with Gasteiger partial charge < -0.3 is 20.8 Å². The lowest BCUT2D eigenvalue weighted by atomic mass is 10.1. The van der Waals surface area contributed by atoms with Crippen molar-refractivity contribution in [2.75, 3.05) is 12.4 Å². The monoisotopic (exact) mass is 316 g/mol. The third-order valence-corrected chi connectivity index (χ3v) is 3.97. The zero-order valence-corrected chi connectivity index (χ0v) is 14.1. The summed E-state index contributed by atoms with van der Waals surface area (Å²) in [5, 5.41) is 3.15. The molecule has 6 nitrogen and oxygen atoms in total. The number of hydrogen-bond donors (Lipinski definition) is 3. The first-order valence-electron chi connectivity index (χ1n) is 7.70. The minimum absolute atomic E-state index is 0.176. The van der Waals surface area contributed by atoms with E-state index in [1.807, 2.05) is 32.9 Å². The Hall–Kier alpha value is -2.34. The second-order valence-electron chi connectivity index (χ2n) is 5.47. The Morgan fingerprint density at radius 1 is 1.35 bits per heavy atom. The van der Waals surface area contributed by atoms with Crippen molar-refractivity contribution in [3.63, 3.8) is 0 Å². The molecule has 0 atom stereocenters. The third kappa shape index (κ3) is 3.71. The van der Waals surface area contributed by atoms with Crippen molar-refractivity contribution in [3.05, 3.63) is 50.7 Å². The summed E-state index contributed by atoms with van der Waals surface area (Å²) >= 11 is 0. The molecule has 2 heterocycles. The summed E-state index contributed by atoms with van der Waals surface area (Å²) in [5.41, 5.74) is 10.6. The van der Waals surface area contributed by atoms with Gasteiger partial charge in [0.1, 0.15) is 17.1 Å². The number of anilines is 1. The van der Waals surface area contributed by atoms with Crippen LogP contribution in [0.5, 0.6) is 5.75 Å². The van der Waals surface area contributed by atoms with Crippen molar-refractivity contribution in [1.29, 1.82) is 0 Å². The topological polar surface area (TPSA) is 93.0 Å². The molecule has 2 aromatic rings. The molecule has 0 aromatic carbocycles. The summed E-state index contributed by atoms with van der Waals surface area (Å²) < 4.78 is 5.38. The highest BCUT2D eigenvalue weighted by Crippen LogP contribution is 2.21. The molecule has 0 saturated carbocycles. The van der Waals surface area contributed by atoms with Crippen LogP contribution in [0.15, 0.2) is 16.9 Å². The van der Waals surface area contributed by atoms with Crippen LogP contribution in [0.25, 0.3) is 0 Å². The Kier molecular flexibility index (Phi) is 5.39. The molecule has 0 aliphatic rings. The molecule has 23 heavy (non-hydrogen) atoms. The van der Waals surface area contributed by atoms with E-state index in [0.29, 0.717) is 24.5 Å². The SMILES string of the molecule is CCc1cc(NCc2nc(C)c(C)cc2OC)c(=O)[nH]c1CN. The van der Waals surface area contributed by atoms with Gasteiger partial charge >= 0.3 is 0 Å². The number of nitrogens with zero attached hydrogens (tertiary/aromatic N) is 1. The van der Waals surface area contributed by atoms with Crippen LogP contribution in [0, 0.1) is 13.8 Å².